The van der Waals surface area contributed by atoms with Crippen LogP contribution in [0.4, 0.5) is 0 Å². The Morgan fingerprint density at radius 3 is 2.75 bits per heavy atom. The average molecular weight is 112 g/mol. The lowest BCUT2D eigenvalue weighted by Gasteiger charge is -1.70. The fourth-order valence-corrected chi connectivity index (χ4v) is 0.301. The van der Waals surface area contributed by atoms with E-state index in [0.29, 0.717) is 0 Å². The van der Waals surface area contributed by atoms with Crippen molar-refractivity contribution in [3.05, 3.63) is 11.9 Å². The fraction of sp³-hybridized carbons (Fsp3) is 0. The molecule has 1 heterocycles. The highest BCUT2D eigenvalue weighted by Crippen LogP contribution is 1.85. The number of nitrogens with one attached hydrogen (secondary N) is 1. The third-order valence-electron chi connectivity index (χ3n) is 0.626. The highest BCUT2D eigenvalue weighted by atomic mass is 16.4. The van der Waals surface area contributed by atoms with Crippen LogP contribution in [0, 0.1) is 0 Å². The maximum Gasteiger partial charge on any atom is 0.408 e. The van der Waals surface area contributed by atoms with Crippen molar-refractivity contribution in [2.45, 2.75) is 0 Å². The van der Waals surface area contributed by atoms with E-state index in [1.807, 2.05) is 0 Å². The van der Waals surface area contributed by atoms with Crippen molar-refractivity contribution in [2.24, 2.45) is 0 Å². The van der Waals surface area contributed by atoms with Crippen molar-refractivity contribution in [2.75, 3.05) is 0 Å². The van der Waals surface area contributed by atoms with E-state index in [4.69, 9.17) is 0 Å². The van der Waals surface area contributed by atoms with E-state index in [0.717, 1.165) is 6.20 Å². The van der Waals surface area contributed by atoms with E-state index in [1.165, 1.54) is 0 Å². The molecule has 0 aliphatic carbocycles. The molecule has 1 rings (SSSR count). The number of carbonyl (C=O) groups excluding carboxylic acids is 1. The molecule has 0 saturated heterocycles. The lowest BCUT2D eigenvalue weighted by Crippen LogP contribution is -1.92. The van der Waals surface area contributed by atoms with E-state index in [-0.39, 0.29) is 5.69 Å². The lowest BCUT2D eigenvalue weighted by molar-refractivity contribution is 0.0566. The normalized spacial score (nSPS) is 9.00. The first kappa shape index (κ1) is 4.76. The number of aromatic amines is 1. The molecular formula is C3H2N3O2. The summed E-state index contributed by atoms with van der Waals surface area (Å²) in [5.74, 6) is -1.32. The van der Waals surface area contributed by atoms with Crippen LogP contribution in [0.15, 0.2) is 6.20 Å². The van der Waals surface area contributed by atoms with E-state index >= 15 is 0 Å². The number of H-pyrrole nitrogens is 1. The second-order valence-corrected chi connectivity index (χ2v) is 1.15. The summed E-state index contributed by atoms with van der Waals surface area (Å²) in [5.41, 5.74) is -0.176. The molecule has 0 aliphatic rings. The lowest BCUT2D eigenvalue weighted by atomic mass is 10.5. The third-order valence-corrected chi connectivity index (χ3v) is 0.626. The molecule has 1 aromatic rings. The molecule has 1 radical (unpaired) electrons. The number of rotatable bonds is 1. The van der Waals surface area contributed by atoms with Crippen molar-refractivity contribution >= 4 is 5.97 Å². The zero-order valence-corrected chi connectivity index (χ0v) is 3.79. The standard InChI is InChI=1S/C3H2N3O2/c7-3(8)2-1-4-6-5-2/h1H,(H,4,5,6). The SMILES string of the molecule is [O]C(=O)c1c[nH]nn1. The van der Waals surface area contributed by atoms with Gasteiger partial charge in [0.05, 0.1) is 6.20 Å². The van der Waals surface area contributed by atoms with Crippen LogP contribution in [0.1, 0.15) is 10.5 Å². The summed E-state index contributed by atoms with van der Waals surface area (Å²) in [6.45, 7) is 0. The van der Waals surface area contributed by atoms with Gasteiger partial charge in [0.2, 0.25) is 0 Å². The Labute approximate surface area is 44.3 Å². The highest BCUT2D eigenvalue weighted by Gasteiger charge is 2.05. The van der Waals surface area contributed by atoms with Gasteiger partial charge in [-0.05, 0) is 0 Å². The summed E-state index contributed by atoms with van der Waals surface area (Å²) < 4.78 is 0. The van der Waals surface area contributed by atoms with Gasteiger partial charge in [-0.2, -0.15) is 0 Å². The maximum atomic E-state index is 9.83. The average Bonchev–Trinajstić information content (AvgIpc) is 2.12. The number of hydrogen-bond donors (Lipinski definition) is 1. The number of aromatic nitrogens is 3. The van der Waals surface area contributed by atoms with Gasteiger partial charge in [0.1, 0.15) is 0 Å². The summed E-state index contributed by atoms with van der Waals surface area (Å²) in [6.07, 6.45) is 1.15. The molecule has 0 saturated carbocycles. The van der Waals surface area contributed by atoms with E-state index in [2.05, 4.69) is 15.4 Å². The van der Waals surface area contributed by atoms with Gasteiger partial charge in [0.25, 0.3) is 0 Å². The predicted molar refractivity (Wildman–Crippen MR) is 21.4 cm³/mol. The Balaban J connectivity index is 2.93. The van der Waals surface area contributed by atoms with Crippen LogP contribution in [-0.2, 0) is 5.11 Å². The zero-order valence-electron chi connectivity index (χ0n) is 3.79. The highest BCUT2D eigenvalue weighted by molar-refractivity contribution is 5.84. The Bertz CT molecular complexity index is 180. The number of carbonyl (C=O) groups is 1. The van der Waals surface area contributed by atoms with Crippen LogP contribution in [0.3, 0.4) is 0 Å². The van der Waals surface area contributed by atoms with Crippen LogP contribution in [0.5, 0.6) is 0 Å². The van der Waals surface area contributed by atoms with Crippen LogP contribution < -0.4 is 0 Å². The van der Waals surface area contributed by atoms with Crippen LogP contribution in [0.25, 0.3) is 0 Å². The van der Waals surface area contributed by atoms with Gasteiger partial charge >= 0.3 is 5.97 Å². The van der Waals surface area contributed by atoms with E-state index in [1.54, 1.807) is 0 Å². The Hall–Kier alpha value is -1.39. The van der Waals surface area contributed by atoms with Crippen LogP contribution in [0.2, 0.25) is 0 Å². The Morgan fingerprint density at radius 2 is 2.50 bits per heavy atom. The molecule has 1 aromatic heterocycles. The quantitative estimate of drug-likeness (QED) is 0.525. The monoisotopic (exact) mass is 112 g/mol. The Kier molecular flexibility index (Phi) is 0.957. The number of nitrogens with zero attached hydrogens (tertiary/aromatic N) is 2. The van der Waals surface area contributed by atoms with Crippen LogP contribution >= 0.6 is 0 Å². The molecule has 0 fully saturated rings. The molecule has 0 amide bonds. The van der Waals surface area contributed by atoms with E-state index < -0.39 is 5.97 Å². The maximum absolute atomic E-state index is 9.83. The minimum atomic E-state index is -1.32. The summed E-state index contributed by atoms with van der Waals surface area (Å²) >= 11 is 0. The summed E-state index contributed by atoms with van der Waals surface area (Å²) in [6, 6.07) is 0. The molecule has 8 heavy (non-hydrogen) atoms. The minimum absolute atomic E-state index is 0.176. The van der Waals surface area contributed by atoms with Crippen LogP contribution in [-0.4, -0.2) is 21.4 Å². The molecule has 0 aliphatic heterocycles. The zero-order chi connectivity index (χ0) is 5.98. The molecule has 5 nitrogen and oxygen atoms in total. The second kappa shape index (κ2) is 1.61. The van der Waals surface area contributed by atoms with Crippen molar-refractivity contribution in [3.8, 4) is 0 Å². The molecule has 5 heteroatoms. The first-order chi connectivity index (χ1) is 3.80. The first-order valence-electron chi connectivity index (χ1n) is 1.88. The van der Waals surface area contributed by atoms with Gasteiger partial charge in [-0.25, -0.2) is 9.90 Å². The molecule has 0 atom stereocenters. The van der Waals surface area contributed by atoms with Gasteiger partial charge < -0.3 is 0 Å². The third kappa shape index (κ3) is 0.651. The molecule has 0 spiro atoms. The molecule has 0 bridgehead atoms. The van der Waals surface area contributed by atoms with Gasteiger partial charge in [0.15, 0.2) is 5.69 Å². The summed E-state index contributed by atoms with van der Waals surface area (Å²) in [5, 5.41) is 18.4. The smallest absolute Gasteiger partial charge is 0.265 e. The largest absolute Gasteiger partial charge is 0.408 e. The fourth-order valence-electron chi connectivity index (χ4n) is 0.301. The predicted octanol–water partition coefficient (Wildman–Crippen LogP) is -0.625. The first-order valence-corrected chi connectivity index (χ1v) is 1.88. The van der Waals surface area contributed by atoms with Gasteiger partial charge in [-0.1, -0.05) is 5.21 Å². The van der Waals surface area contributed by atoms with Gasteiger partial charge in [-0.15, -0.1) is 5.10 Å². The van der Waals surface area contributed by atoms with Crippen molar-refractivity contribution in [1.82, 2.24) is 15.4 Å². The van der Waals surface area contributed by atoms with E-state index in [9.17, 15) is 9.90 Å². The van der Waals surface area contributed by atoms with Crippen molar-refractivity contribution < 1.29 is 9.90 Å². The van der Waals surface area contributed by atoms with Gasteiger partial charge in [-0.3, -0.25) is 5.10 Å². The summed E-state index contributed by atoms with van der Waals surface area (Å²) in [7, 11) is 0. The van der Waals surface area contributed by atoms with Gasteiger partial charge in [0, 0.05) is 0 Å². The Morgan fingerprint density at radius 1 is 1.75 bits per heavy atom. The molecule has 1 N–H and O–H groups in total. The molecule has 0 unspecified atom stereocenters. The number of hydrogen-bond acceptors (Lipinski definition) is 3. The summed E-state index contributed by atoms with van der Waals surface area (Å²) in [4.78, 5) is 9.83. The second-order valence-electron chi connectivity index (χ2n) is 1.15. The minimum Gasteiger partial charge on any atom is -0.265 e. The molecule has 41 valence electrons. The van der Waals surface area contributed by atoms with Crippen molar-refractivity contribution in [3.63, 3.8) is 0 Å². The molecular weight excluding hydrogens is 110 g/mol. The molecule has 0 aromatic carbocycles. The topological polar surface area (TPSA) is 78.5 Å². The van der Waals surface area contributed by atoms with Crippen molar-refractivity contribution in [1.29, 1.82) is 0 Å².